The number of aromatic nitrogens is 7. The van der Waals surface area contributed by atoms with Crippen LogP contribution in [0.1, 0.15) is 0 Å². The van der Waals surface area contributed by atoms with E-state index in [9.17, 15) is 0 Å². The normalized spacial score (nSPS) is 12.4. The number of rotatable bonds is 10. The third-order valence-corrected chi connectivity index (χ3v) is 18.7. The number of benzene rings is 13. The molecular formula is C84H52BN9O. The molecule has 0 spiro atoms. The maximum atomic E-state index is 6.81. The highest BCUT2D eigenvalue weighted by Crippen LogP contribution is 2.46. The van der Waals surface area contributed by atoms with Crippen LogP contribution in [-0.4, -0.2) is 41.2 Å². The van der Waals surface area contributed by atoms with Crippen molar-refractivity contribution in [1.82, 2.24) is 34.5 Å². The Morgan fingerprint density at radius 2 is 0.726 bits per heavy atom. The van der Waals surface area contributed by atoms with E-state index in [4.69, 9.17) is 34.3 Å². The number of furan rings is 1. The molecule has 0 bridgehead atoms. The monoisotopic (exact) mass is 1210 g/mol. The lowest BCUT2D eigenvalue weighted by Crippen LogP contribution is -2.61. The van der Waals surface area contributed by atoms with Crippen LogP contribution in [0.5, 0.6) is 0 Å². The molecule has 17 aromatic rings. The van der Waals surface area contributed by atoms with Crippen molar-refractivity contribution in [2.24, 2.45) is 0 Å². The van der Waals surface area contributed by atoms with Gasteiger partial charge in [-0.1, -0.05) is 218 Å². The summed E-state index contributed by atoms with van der Waals surface area (Å²) in [5.74, 6) is 3.15. The van der Waals surface area contributed by atoms with Crippen molar-refractivity contribution in [2.75, 3.05) is 9.80 Å². The van der Waals surface area contributed by atoms with Crippen LogP contribution in [0.15, 0.2) is 320 Å². The van der Waals surface area contributed by atoms with Gasteiger partial charge in [-0.2, -0.15) is 0 Å². The van der Waals surface area contributed by atoms with Gasteiger partial charge in [0.25, 0.3) is 6.71 Å². The molecule has 0 atom stereocenters. The molecule has 0 aliphatic carbocycles. The Labute approximate surface area is 547 Å². The van der Waals surface area contributed by atoms with Gasteiger partial charge < -0.3 is 18.8 Å². The molecule has 0 fully saturated rings. The largest absolute Gasteiger partial charge is 0.455 e. The van der Waals surface area contributed by atoms with Gasteiger partial charge in [-0.15, -0.1) is 0 Å². The molecule has 0 amide bonds. The Morgan fingerprint density at radius 3 is 1.35 bits per heavy atom. The summed E-state index contributed by atoms with van der Waals surface area (Å²) < 4.78 is 9.12. The molecule has 0 saturated heterocycles. The standard InChI is InChI=1S/C84H52BN9O/c1-5-23-54(24-6-1)79-86-80(55-25-7-2-8-26-55)88-83(87-79)59-45-49-69(94-68-37-17-13-34-64(68)76-72(94)50-48-63-62-33-14-20-42-75(62)95-78(63)76)65(52-59)84-90-81(56-27-9-3-10-28-56)89-82(91-84)58-30-21-29-57(51-58)53-43-46-61(47-44-53)93-71-39-19-16-36-67(71)85-66-35-15-18-38-70(66)92(60-31-11-4-12-32-60)73-40-22-41-74(93)77(73)85/h1-52H. The summed E-state index contributed by atoms with van der Waals surface area (Å²) in [7, 11) is 0. The second-order valence-electron chi connectivity index (χ2n) is 24.1. The first-order valence-electron chi connectivity index (χ1n) is 32.0. The highest BCUT2D eigenvalue weighted by atomic mass is 16.3. The van der Waals surface area contributed by atoms with E-state index in [2.05, 4.69) is 239 Å². The third kappa shape index (κ3) is 8.89. The Hall–Kier alpha value is -12.9. The van der Waals surface area contributed by atoms with Gasteiger partial charge in [0, 0.05) is 83.7 Å². The summed E-state index contributed by atoms with van der Waals surface area (Å²) in [6.07, 6.45) is 0. The zero-order valence-corrected chi connectivity index (χ0v) is 51.0. The average Bonchev–Trinajstić information content (AvgIpc) is 1.25. The number of hydrogen-bond acceptors (Lipinski definition) is 9. The van der Waals surface area contributed by atoms with E-state index in [0.717, 1.165) is 117 Å². The number of para-hydroxylation sites is 5. The number of nitrogens with zero attached hydrogens (tertiary/aromatic N) is 9. The first kappa shape index (κ1) is 53.9. The molecule has 2 aliphatic heterocycles. The average molecular weight is 1210 g/mol. The van der Waals surface area contributed by atoms with Crippen LogP contribution < -0.4 is 26.2 Å². The molecule has 19 rings (SSSR count). The van der Waals surface area contributed by atoms with Crippen molar-refractivity contribution < 1.29 is 4.42 Å². The maximum Gasteiger partial charge on any atom is 0.252 e. The summed E-state index contributed by atoms with van der Waals surface area (Å²) in [4.78, 5) is 36.8. The fourth-order valence-electron chi connectivity index (χ4n) is 14.4. The highest BCUT2D eigenvalue weighted by molar-refractivity contribution is 7.00. The van der Waals surface area contributed by atoms with E-state index >= 15 is 0 Å². The third-order valence-electron chi connectivity index (χ3n) is 18.7. The minimum absolute atomic E-state index is 0.0562. The molecule has 2 aliphatic rings. The zero-order chi connectivity index (χ0) is 62.5. The van der Waals surface area contributed by atoms with Crippen LogP contribution in [-0.2, 0) is 0 Å². The van der Waals surface area contributed by atoms with Gasteiger partial charge in [-0.05, 0) is 125 Å². The van der Waals surface area contributed by atoms with Crippen LogP contribution in [0, 0.1) is 0 Å². The molecule has 13 aromatic carbocycles. The van der Waals surface area contributed by atoms with Crippen molar-refractivity contribution in [2.45, 2.75) is 0 Å². The zero-order valence-electron chi connectivity index (χ0n) is 51.0. The fourth-order valence-corrected chi connectivity index (χ4v) is 14.4. The van der Waals surface area contributed by atoms with Crippen LogP contribution in [0.4, 0.5) is 34.1 Å². The van der Waals surface area contributed by atoms with E-state index < -0.39 is 0 Å². The van der Waals surface area contributed by atoms with Crippen molar-refractivity contribution >= 4 is 101 Å². The second-order valence-corrected chi connectivity index (χ2v) is 24.1. The van der Waals surface area contributed by atoms with E-state index in [1.807, 2.05) is 91.0 Å². The van der Waals surface area contributed by atoms with Crippen LogP contribution in [0.2, 0.25) is 0 Å². The molecule has 0 saturated carbocycles. The lowest BCUT2D eigenvalue weighted by atomic mass is 9.33. The van der Waals surface area contributed by atoms with Crippen molar-refractivity contribution in [3.8, 4) is 85.1 Å². The van der Waals surface area contributed by atoms with E-state index in [-0.39, 0.29) is 6.71 Å². The summed E-state index contributed by atoms with van der Waals surface area (Å²) in [5.41, 5.74) is 22.3. The molecule has 0 unspecified atom stereocenters. The molecule has 95 heavy (non-hydrogen) atoms. The minimum Gasteiger partial charge on any atom is -0.455 e. The SMILES string of the molecule is c1ccc(-c2nc(-c3ccccc3)nc(-c3ccc(-n4c5ccccc5c5c6oc7ccccc7c6ccc54)c(-c4nc(-c5ccccc5)nc(-c5cccc(-c6ccc(N7c8ccccc8B8c9ccccc9N(c9ccccc9)c9cccc7c98)cc6)c5)n4)c3)n2)cc1. The van der Waals surface area contributed by atoms with Gasteiger partial charge in [0.2, 0.25) is 0 Å². The van der Waals surface area contributed by atoms with Gasteiger partial charge in [0.15, 0.2) is 34.9 Å². The van der Waals surface area contributed by atoms with Crippen LogP contribution >= 0.6 is 0 Å². The highest BCUT2D eigenvalue weighted by Gasteiger charge is 2.43. The quantitative estimate of drug-likeness (QED) is 0.124. The van der Waals surface area contributed by atoms with Gasteiger partial charge >= 0.3 is 0 Å². The summed E-state index contributed by atoms with van der Waals surface area (Å²) >= 11 is 0. The Balaban J connectivity index is 0.771. The number of fused-ring (bicyclic) bond motifs is 11. The molecular weight excluding hydrogens is 1160 g/mol. The first-order valence-corrected chi connectivity index (χ1v) is 32.0. The van der Waals surface area contributed by atoms with Gasteiger partial charge in [0.1, 0.15) is 11.2 Å². The summed E-state index contributed by atoms with van der Waals surface area (Å²) in [6.45, 7) is 0.0562. The van der Waals surface area contributed by atoms with E-state index in [0.29, 0.717) is 34.9 Å². The van der Waals surface area contributed by atoms with Gasteiger partial charge in [-0.3, -0.25) is 0 Å². The first-order chi connectivity index (χ1) is 47.1. The Bertz CT molecular complexity index is 5820. The molecule has 11 heteroatoms. The molecule has 0 N–H and O–H groups in total. The molecule has 6 heterocycles. The second kappa shape index (κ2) is 21.9. The van der Waals surface area contributed by atoms with Crippen molar-refractivity contribution in [3.05, 3.63) is 315 Å². The predicted octanol–water partition coefficient (Wildman–Crippen LogP) is 18.8. The summed E-state index contributed by atoms with van der Waals surface area (Å²) in [5, 5.41) is 4.20. The molecule has 442 valence electrons. The van der Waals surface area contributed by atoms with Crippen LogP contribution in [0.3, 0.4) is 0 Å². The van der Waals surface area contributed by atoms with Crippen LogP contribution in [0.25, 0.3) is 129 Å². The number of anilines is 6. The minimum atomic E-state index is 0.0562. The maximum absolute atomic E-state index is 6.81. The summed E-state index contributed by atoms with van der Waals surface area (Å²) in [6, 6.07) is 111. The van der Waals surface area contributed by atoms with E-state index in [1.54, 1.807) is 0 Å². The molecule has 4 aromatic heterocycles. The lowest BCUT2D eigenvalue weighted by molar-refractivity contribution is 0.673. The van der Waals surface area contributed by atoms with E-state index in [1.165, 1.54) is 27.8 Å². The predicted molar refractivity (Wildman–Crippen MR) is 387 cm³/mol. The van der Waals surface area contributed by atoms with Gasteiger partial charge in [0.05, 0.1) is 22.1 Å². The number of hydrogen-bond donors (Lipinski definition) is 0. The Morgan fingerprint density at radius 1 is 0.274 bits per heavy atom. The van der Waals surface area contributed by atoms with Crippen molar-refractivity contribution in [3.63, 3.8) is 0 Å². The Kier molecular flexibility index (Phi) is 12.5. The van der Waals surface area contributed by atoms with Crippen molar-refractivity contribution in [1.29, 1.82) is 0 Å². The topological polar surface area (TPSA) is 102 Å². The smallest absolute Gasteiger partial charge is 0.252 e. The lowest BCUT2D eigenvalue weighted by Gasteiger charge is -2.44. The fraction of sp³-hybridized carbons (Fsp3) is 0. The molecule has 10 nitrogen and oxygen atoms in total. The van der Waals surface area contributed by atoms with Gasteiger partial charge in [-0.25, -0.2) is 29.9 Å². The molecule has 0 radical (unpaired) electrons.